The van der Waals surface area contributed by atoms with Crippen LogP contribution in [0, 0.1) is 0 Å². The molecule has 18 heavy (non-hydrogen) atoms. The molecule has 3 rings (SSSR count). The maximum Gasteiger partial charge on any atom is 0.0779 e. The van der Waals surface area contributed by atoms with Gasteiger partial charge in [0.05, 0.1) is 5.60 Å². The molecule has 0 bridgehead atoms. The molecule has 1 fully saturated rings. The number of rotatable bonds is 3. The molecule has 1 heterocycles. The Morgan fingerprint density at radius 3 is 3.17 bits per heavy atom. The minimum absolute atomic E-state index is 0.0537. The van der Waals surface area contributed by atoms with Crippen LogP contribution in [0.15, 0.2) is 22.7 Å². The lowest BCUT2D eigenvalue weighted by atomic mass is 10.0. The largest absolute Gasteiger partial charge is 0.374 e. The lowest BCUT2D eigenvalue weighted by molar-refractivity contribution is 0.0187. The van der Waals surface area contributed by atoms with Crippen molar-refractivity contribution in [2.24, 2.45) is 0 Å². The third-order valence-corrected chi connectivity index (χ3v) is 4.70. The summed E-state index contributed by atoms with van der Waals surface area (Å²) in [6, 6.07) is 7.16. The first-order chi connectivity index (χ1) is 8.66. The average molecular weight is 310 g/mol. The fraction of sp³-hybridized carbons (Fsp3) is 0.600. The van der Waals surface area contributed by atoms with Crippen molar-refractivity contribution in [3.05, 3.63) is 33.8 Å². The highest BCUT2D eigenvalue weighted by Gasteiger charge is 2.31. The molecule has 0 saturated carbocycles. The van der Waals surface area contributed by atoms with Gasteiger partial charge >= 0.3 is 0 Å². The van der Waals surface area contributed by atoms with E-state index >= 15 is 0 Å². The fourth-order valence-corrected chi connectivity index (χ4v) is 3.52. The number of aryl methyl sites for hydroxylation is 1. The fourth-order valence-electron chi connectivity index (χ4n) is 3.11. The van der Waals surface area contributed by atoms with Crippen LogP contribution in [-0.2, 0) is 11.2 Å². The maximum atomic E-state index is 5.84. The topological polar surface area (TPSA) is 21.3 Å². The van der Waals surface area contributed by atoms with E-state index in [1.807, 2.05) is 0 Å². The Hall–Kier alpha value is -0.380. The van der Waals surface area contributed by atoms with Gasteiger partial charge in [-0.3, -0.25) is 0 Å². The molecule has 98 valence electrons. The number of hydrogen-bond donors (Lipinski definition) is 1. The first-order valence-electron chi connectivity index (χ1n) is 6.82. The lowest BCUT2D eigenvalue weighted by Gasteiger charge is -2.26. The van der Waals surface area contributed by atoms with Gasteiger partial charge in [-0.15, -0.1) is 0 Å². The molecule has 3 heteroatoms. The normalized spacial score (nSPS) is 30.7. The van der Waals surface area contributed by atoms with Crippen LogP contribution in [0.2, 0.25) is 0 Å². The van der Waals surface area contributed by atoms with E-state index in [0.29, 0.717) is 6.04 Å². The Morgan fingerprint density at radius 2 is 2.39 bits per heavy atom. The van der Waals surface area contributed by atoms with Gasteiger partial charge in [-0.1, -0.05) is 22.0 Å². The minimum atomic E-state index is 0.0537. The second-order valence-corrected chi connectivity index (χ2v) is 6.63. The second-order valence-electron chi connectivity index (χ2n) is 5.72. The van der Waals surface area contributed by atoms with Crippen LogP contribution in [0.3, 0.4) is 0 Å². The monoisotopic (exact) mass is 309 g/mol. The van der Waals surface area contributed by atoms with Gasteiger partial charge < -0.3 is 10.1 Å². The average Bonchev–Trinajstić information content (AvgIpc) is 2.93. The highest BCUT2D eigenvalue weighted by molar-refractivity contribution is 9.10. The molecule has 1 saturated heterocycles. The molecule has 1 aliphatic carbocycles. The number of hydrogen-bond acceptors (Lipinski definition) is 2. The van der Waals surface area contributed by atoms with Crippen molar-refractivity contribution in [1.82, 2.24) is 5.32 Å². The third kappa shape index (κ3) is 2.49. The zero-order chi connectivity index (χ0) is 12.6. The van der Waals surface area contributed by atoms with E-state index < -0.39 is 0 Å². The van der Waals surface area contributed by atoms with Crippen LogP contribution in [0.25, 0.3) is 0 Å². The van der Waals surface area contributed by atoms with Gasteiger partial charge in [0.2, 0.25) is 0 Å². The molecule has 1 aromatic rings. The Labute approximate surface area is 117 Å². The maximum absolute atomic E-state index is 5.84. The van der Waals surface area contributed by atoms with Crippen LogP contribution in [-0.4, -0.2) is 18.8 Å². The summed E-state index contributed by atoms with van der Waals surface area (Å²) in [5, 5.41) is 3.70. The summed E-state index contributed by atoms with van der Waals surface area (Å²) < 4.78 is 7.03. The lowest BCUT2D eigenvalue weighted by Crippen LogP contribution is -2.38. The highest BCUT2D eigenvalue weighted by atomic mass is 79.9. The number of nitrogens with one attached hydrogen (secondary N) is 1. The summed E-state index contributed by atoms with van der Waals surface area (Å²) in [6.07, 6.45) is 4.78. The van der Waals surface area contributed by atoms with Gasteiger partial charge in [0.15, 0.2) is 0 Å². The van der Waals surface area contributed by atoms with Gasteiger partial charge in [0.25, 0.3) is 0 Å². The van der Waals surface area contributed by atoms with E-state index in [1.54, 1.807) is 0 Å². The molecule has 2 unspecified atom stereocenters. The number of halogens is 1. The molecular weight excluding hydrogens is 290 g/mol. The SMILES string of the molecule is CC1(CNC2CCc3cc(Br)ccc32)CCCO1. The van der Waals surface area contributed by atoms with Crippen LogP contribution >= 0.6 is 15.9 Å². The number of ether oxygens (including phenoxy) is 1. The second kappa shape index (κ2) is 4.95. The van der Waals surface area contributed by atoms with Crippen LogP contribution < -0.4 is 5.32 Å². The number of fused-ring (bicyclic) bond motifs is 1. The van der Waals surface area contributed by atoms with Gasteiger partial charge in [0, 0.05) is 23.7 Å². The Balaban J connectivity index is 1.66. The van der Waals surface area contributed by atoms with E-state index in [1.165, 1.54) is 41.3 Å². The van der Waals surface area contributed by atoms with Crippen molar-refractivity contribution >= 4 is 15.9 Å². The van der Waals surface area contributed by atoms with Gasteiger partial charge in [-0.25, -0.2) is 0 Å². The summed E-state index contributed by atoms with van der Waals surface area (Å²) in [7, 11) is 0. The molecule has 2 nitrogen and oxygen atoms in total. The molecule has 1 aliphatic heterocycles. The summed E-state index contributed by atoms with van der Waals surface area (Å²) in [4.78, 5) is 0. The zero-order valence-corrected chi connectivity index (χ0v) is 12.4. The van der Waals surface area contributed by atoms with Crippen LogP contribution in [0.5, 0.6) is 0 Å². The van der Waals surface area contributed by atoms with Crippen LogP contribution in [0.4, 0.5) is 0 Å². The smallest absolute Gasteiger partial charge is 0.0779 e. The van der Waals surface area contributed by atoms with Crippen molar-refractivity contribution in [2.75, 3.05) is 13.2 Å². The quantitative estimate of drug-likeness (QED) is 0.921. The van der Waals surface area contributed by atoms with Gasteiger partial charge in [-0.05, 0) is 55.9 Å². The van der Waals surface area contributed by atoms with Gasteiger partial charge in [0.1, 0.15) is 0 Å². The third-order valence-electron chi connectivity index (χ3n) is 4.21. The molecule has 1 aromatic carbocycles. The standard InChI is InChI=1S/C15H20BrNO/c1-15(7-2-8-18-15)10-17-14-6-3-11-9-12(16)4-5-13(11)14/h4-5,9,14,17H,2-3,6-8,10H2,1H3. The van der Waals surface area contributed by atoms with E-state index in [9.17, 15) is 0 Å². The molecule has 0 radical (unpaired) electrons. The Morgan fingerprint density at radius 1 is 1.50 bits per heavy atom. The van der Waals surface area contributed by atoms with Crippen molar-refractivity contribution in [3.8, 4) is 0 Å². The molecule has 2 aliphatic rings. The van der Waals surface area contributed by atoms with Crippen molar-refractivity contribution in [3.63, 3.8) is 0 Å². The molecule has 0 spiro atoms. The molecule has 0 amide bonds. The van der Waals surface area contributed by atoms with Crippen molar-refractivity contribution < 1.29 is 4.74 Å². The molecule has 2 atom stereocenters. The van der Waals surface area contributed by atoms with Crippen molar-refractivity contribution in [1.29, 1.82) is 0 Å². The predicted molar refractivity (Wildman–Crippen MR) is 76.8 cm³/mol. The minimum Gasteiger partial charge on any atom is -0.374 e. The van der Waals surface area contributed by atoms with Gasteiger partial charge in [-0.2, -0.15) is 0 Å². The predicted octanol–water partition coefficient (Wildman–Crippen LogP) is 3.60. The molecular formula is C15H20BrNO. The summed E-state index contributed by atoms with van der Waals surface area (Å²) in [5.74, 6) is 0. The van der Waals surface area contributed by atoms with Crippen LogP contribution in [0.1, 0.15) is 43.4 Å². The zero-order valence-electron chi connectivity index (χ0n) is 10.8. The van der Waals surface area contributed by atoms with E-state index in [0.717, 1.165) is 13.2 Å². The summed E-state index contributed by atoms with van der Waals surface area (Å²) >= 11 is 3.55. The Bertz CT molecular complexity index is 440. The van der Waals surface area contributed by atoms with Crippen molar-refractivity contribution in [2.45, 2.75) is 44.2 Å². The van der Waals surface area contributed by atoms with E-state index in [-0.39, 0.29) is 5.60 Å². The summed E-state index contributed by atoms with van der Waals surface area (Å²) in [5.41, 5.74) is 3.01. The van der Waals surface area contributed by atoms with E-state index in [2.05, 4.69) is 46.4 Å². The first-order valence-corrected chi connectivity index (χ1v) is 7.61. The first kappa shape index (κ1) is 12.6. The Kier molecular flexibility index (Phi) is 3.48. The highest BCUT2D eigenvalue weighted by Crippen LogP contribution is 2.34. The van der Waals surface area contributed by atoms with E-state index in [4.69, 9.17) is 4.74 Å². The molecule has 0 aromatic heterocycles. The summed E-state index contributed by atoms with van der Waals surface area (Å²) in [6.45, 7) is 4.12. The molecule has 1 N–H and O–H groups in total. The number of benzene rings is 1.